The van der Waals surface area contributed by atoms with Crippen LogP contribution in [0, 0.1) is 6.92 Å². The second kappa shape index (κ2) is 11.7. The molecule has 0 bridgehead atoms. The number of anilines is 1. The van der Waals surface area contributed by atoms with E-state index in [9.17, 15) is 9.59 Å². The minimum absolute atomic E-state index is 0.358. The van der Waals surface area contributed by atoms with E-state index >= 15 is 0 Å². The Kier molecular flexibility index (Phi) is 8.43. The number of halogens is 1. The van der Waals surface area contributed by atoms with Gasteiger partial charge in [-0.05, 0) is 73.0 Å². The van der Waals surface area contributed by atoms with Crippen molar-refractivity contribution in [3.8, 4) is 11.5 Å². The topological polar surface area (TPSA) is 89.0 Å². The second-order valence-electron chi connectivity index (χ2n) is 7.08. The fourth-order valence-corrected chi connectivity index (χ4v) is 2.99. The van der Waals surface area contributed by atoms with Gasteiger partial charge in [0.2, 0.25) is 0 Å². The number of carbonyl (C=O) groups is 2. The molecule has 0 aromatic heterocycles. The van der Waals surface area contributed by atoms with Gasteiger partial charge in [-0.3, -0.25) is 9.59 Å². The van der Waals surface area contributed by atoms with Crippen molar-refractivity contribution in [1.29, 1.82) is 0 Å². The van der Waals surface area contributed by atoms with E-state index in [4.69, 9.17) is 21.1 Å². The summed E-state index contributed by atoms with van der Waals surface area (Å²) in [5.41, 5.74) is 5.36. The number of nitrogens with one attached hydrogen (secondary N) is 2. The monoisotopic (exact) mass is 465 g/mol. The first kappa shape index (κ1) is 23.8. The third-order valence-corrected chi connectivity index (χ3v) is 4.69. The van der Waals surface area contributed by atoms with Crippen LogP contribution in [0.15, 0.2) is 71.8 Å². The fraction of sp³-hybridized carbons (Fsp3) is 0.160. The lowest BCUT2D eigenvalue weighted by molar-refractivity contribution is -0.136. The lowest BCUT2D eigenvalue weighted by atomic mass is 10.2. The minimum Gasteiger partial charge on any atom is -0.490 e. The molecule has 0 heterocycles. The zero-order valence-electron chi connectivity index (χ0n) is 18.3. The molecule has 2 N–H and O–H groups in total. The molecule has 0 aliphatic rings. The van der Waals surface area contributed by atoms with Gasteiger partial charge < -0.3 is 14.8 Å². The molecule has 7 nitrogen and oxygen atoms in total. The van der Waals surface area contributed by atoms with Gasteiger partial charge in [0.1, 0.15) is 6.61 Å². The van der Waals surface area contributed by atoms with Gasteiger partial charge in [-0.2, -0.15) is 5.10 Å². The van der Waals surface area contributed by atoms with Crippen molar-refractivity contribution < 1.29 is 19.1 Å². The van der Waals surface area contributed by atoms with Crippen LogP contribution in [-0.4, -0.2) is 24.6 Å². The van der Waals surface area contributed by atoms with E-state index in [1.807, 2.05) is 32.0 Å². The van der Waals surface area contributed by atoms with Crippen molar-refractivity contribution in [1.82, 2.24) is 5.43 Å². The van der Waals surface area contributed by atoms with Crippen molar-refractivity contribution in [2.75, 3.05) is 11.9 Å². The number of nitrogens with zero attached hydrogens (tertiary/aromatic N) is 1. The molecule has 0 radical (unpaired) electrons. The van der Waals surface area contributed by atoms with Crippen LogP contribution in [0.4, 0.5) is 5.69 Å². The first-order valence-electron chi connectivity index (χ1n) is 10.3. The summed E-state index contributed by atoms with van der Waals surface area (Å²) < 4.78 is 11.5. The number of ether oxygens (including phenoxy) is 2. The number of aryl methyl sites for hydroxylation is 1. The summed E-state index contributed by atoms with van der Waals surface area (Å²) >= 11 is 5.91. The Balaban J connectivity index is 1.59. The summed E-state index contributed by atoms with van der Waals surface area (Å²) in [4.78, 5) is 24.0. The van der Waals surface area contributed by atoms with Gasteiger partial charge in [0.25, 0.3) is 0 Å². The maximum Gasteiger partial charge on any atom is 0.329 e. The first-order chi connectivity index (χ1) is 15.9. The lowest BCUT2D eigenvalue weighted by Gasteiger charge is -2.12. The van der Waals surface area contributed by atoms with Gasteiger partial charge >= 0.3 is 11.8 Å². The van der Waals surface area contributed by atoms with Crippen LogP contribution in [0.5, 0.6) is 11.5 Å². The Morgan fingerprint density at radius 1 is 0.970 bits per heavy atom. The van der Waals surface area contributed by atoms with Gasteiger partial charge in [0, 0.05) is 10.7 Å². The average molecular weight is 466 g/mol. The number of hydrogen-bond acceptors (Lipinski definition) is 5. The molecule has 0 saturated heterocycles. The van der Waals surface area contributed by atoms with E-state index in [1.54, 1.807) is 48.5 Å². The Hall–Kier alpha value is -3.84. The van der Waals surface area contributed by atoms with Gasteiger partial charge in [-0.25, -0.2) is 5.43 Å². The minimum atomic E-state index is -0.874. The van der Waals surface area contributed by atoms with E-state index < -0.39 is 11.8 Å². The highest BCUT2D eigenvalue weighted by Crippen LogP contribution is 2.29. The van der Waals surface area contributed by atoms with E-state index in [0.717, 1.165) is 11.1 Å². The highest BCUT2D eigenvalue weighted by atomic mass is 35.5. The molecule has 0 atom stereocenters. The van der Waals surface area contributed by atoms with Crippen LogP contribution < -0.4 is 20.2 Å². The molecule has 170 valence electrons. The van der Waals surface area contributed by atoms with Crippen molar-refractivity contribution in [3.05, 3.63) is 88.4 Å². The highest BCUT2D eigenvalue weighted by molar-refractivity contribution is 6.39. The molecule has 0 spiro atoms. The highest BCUT2D eigenvalue weighted by Gasteiger charge is 2.13. The molecule has 3 aromatic carbocycles. The summed E-state index contributed by atoms with van der Waals surface area (Å²) in [5.74, 6) is -0.566. The molecule has 0 unspecified atom stereocenters. The van der Waals surface area contributed by atoms with Crippen LogP contribution in [0.2, 0.25) is 5.02 Å². The number of carbonyl (C=O) groups excluding carboxylic acids is 2. The van der Waals surface area contributed by atoms with Crippen molar-refractivity contribution >= 4 is 35.3 Å². The van der Waals surface area contributed by atoms with Crippen LogP contribution in [0.3, 0.4) is 0 Å². The number of hydrogen-bond donors (Lipinski definition) is 2. The molecule has 0 saturated carbocycles. The summed E-state index contributed by atoms with van der Waals surface area (Å²) in [5, 5.41) is 7.05. The van der Waals surface area contributed by atoms with Gasteiger partial charge in [-0.15, -0.1) is 0 Å². The summed E-state index contributed by atoms with van der Waals surface area (Å²) in [6.07, 6.45) is 1.42. The van der Waals surface area contributed by atoms with Crippen molar-refractivity contribution in [2.45, 2.75) is 20.5 Å². The molecule has 0 fully saturated rings. The van der Waals surface area contributed by atoms with Crippen molar-refractivity contribution in [2.24, 2.45) is 5.10 Å². The number of rotatable bonds is 8. The predicted molar refractivity (Wildman–Crippen MR) is 129 cm³/mol. The summed E-state index contributed by atoms with van der Waals surface area (Å²) in [6, 6.07) is 19.8. The Bertz CT molecular complexity index is 1150. The summed E-state index contributed by atoms with van der Waals surface area (Å²) in [7, 11) is 0. The predicted octanol–water partition coefficient (Wildman–Crippen LogP) is 4.71. The van der Waals surface area contributed by atoms with Crippen LogP contribution >= 0.6 is 11.6 Å². The molecule has 3 aromatic rings. The second-order valence-corrected chi connectivity index (χ2v) is 7.51. The molecule has 0 aliphatic heterocycles. The Morgan fingerprint density at radius 2 is 1.76 bits per heavy atom. The smallest absolute Gasteiger partial charge is 0.329 e. The molecular formula is C25H24ClN3O4. The first-order valence-corrected chi connectivity index (χ1v) is 10.7. The van der Waals surface area contributed by atoms with Gasteiger partial charge in [0.15, 0.2) is 11.5 Å². The average Bonchev–Trinajstić information content (AvgIpc) is 2.80. The van der Waals surface area contributed by atoms with E-state index in [1.165, 1.54) is 6.21 Å². The Labute approximate surface area is 197 Å². The molecule has 0 aliphatic carbocycles. The molecule has 2 amide bonds. The van der Waals surface area contributed by atoms with Crippen molar-refractivity contribution in [3.63, 3.8) is 0 Å². The SMILES string of the molecule is CCOc1cc(/C=N\NC(=O)C(=O)Nc2cccc(C)c2)ccc1OCc1ccc(Cl)cc1. The Morgan fingerprint density at radius 3 is 2.48 bits per heavy atom. The van der Waals surface area contributed by atoms with Crippen LogP contribution in [0.25, 0.3) is 0 Å². The molecule has 3 rings (SSSR count). The molecule has 33 heavy (non-hydrogen) atoms. The summed E-state index contributed by atoms with van der Waals surface area (Å²) in [6.45, 7) is 4.58. The largest absolute Gasteiger partial charge is 0.490 e. The zero-order chi connectivity index (χ0) is 23.6. The van der Waals surface area contributed by atoms with Gasteiger partial charge in [-0.1, -0.05) is 35.9 Å². The third kappa shape index (κ3) is 7.36. The third-order valence-electron chi connectivity index (χ3n) is 4.44. The number of amides is 2. The van der Waals surface area contributed by atoms with Gasteiger partial charge in [0.05, 0.1) is 12.8 Å². The maximum absolute atomic E-state index is 12.0. The fourth-order valence-electron chi connectivity index (χ4n) is 2.86. The lowest BCUT2D eigenvalue weighted by Crippen LogP contribution is -2.32. The van der Waals surface area contributed by atoms with E-state index in [2.05, 4.69) is 15.8 Å². The standard InChI is InChI=1S/C25H24ClN3O4/c1-3-32-23-14-19(9-12-22(23)33-16-18-7-10-20(26)11-8-18)15-27-29-25(31)24(30)28-21-6-4-5-17(2)13-21/h4-15H,3,16H2,1-2H3,(H,28,30)(H,29,31)/b27-15-. The van der Waals surface area contributed by atoms with E-state index in [0.29, 0.717) is 41.0 Å². The number of benzene rings is 3. The zero-order valence-corrected chi connectivity index (χ0v) is 19.1. The van der Waals surface area contributed by atoms with Crippen LogP contribution in [0.1, 0.15) is 23.6 Å². The quantitative estimate of drug-likeness (QED) is 0.286. The molecule has 8 heteroatoms. The maximum atomic E-state index is 12.0. The number of hydrazone groups is 1. The van der Waals surface area contributed by atoms with Crippen LogP contribution in [-0.2, 0) is 16.2 Å². The normalized spacial score (nSPS) is 10.6. The van der Waals surface area contributed by atoms with E-state index in [-0.39, 0.29) is 0 Å². The molecular weight excluding hydrogens is 442 g/mol.